The molecule has 0 amide bonds. The maximum atomic E-state index is 14.2. The van der Waals surface area contributed by atoms with Gasteiger partial charge in [0.1, 0.15) is 11.6 Å². The lowest BCUT2D eigenvalue weighted by Crippen LogP contribution is -2.37. The van der Waals surface area contributed by atoms with Gasteiger partial charge in [0, 0.05) is 12.6 Å². The first-order valence-electron chi connectivity index (χ1n) is 7.48. The molecular weight excluding hydrogens is 336 g/mol. The highest BCUT2D eigenvalue weighted by Gasteiger charge is 2.41. The van der Waals surface area contributed by atoms with Crippen LogP contribution in [-0.4, -0.2) is 28.6 Å². The van der Waals surface area contributed by atoms with Gasteiger partial charge in [-0.3, -0.25) is 4.31 Å². The van der Waals surface area contributed by atoms with Crippen molar-refractivity contribution in [1.82, 2.24) is 5.32 Å². The molecule has 2 aromatic carbocycles. The summed E-state index contributed by atoms with van der Waals surface area (Å²) < 4.78 is 55.7. The molecule has 0 saturated carbocycles. The van der Waals surface area contributed by atoms with Crippen LogP contribution in [0.5, 0.6) is 0 Å². The van der Waals surface area contributed by atoms with Crippen molar-refractivity contribution in [3.8, 4) is 0 Å². The van der Waals surface area contributed by atoms with Gasteiger partial charge in [-0.1, -0.05) is 12.1 Å². The van der Waals surface area contributed by atoms with Gasteiger partial charge < -0.3 is 5.32 Å². The summed E-state index contributed by atoms with van der Waals surface area (Å²) >= 11 is 0. The number of rotatable bonds is 5. The van der Waals surface area contributed by atoms with E-state index < -0.39 is 21.8 Å². The van der Waals surface area contributed by atoms with Gasteiger partial charge in [0.05, 0.1) is 17.1 Å². The summed E-state index contributed by atoms with van der Waals surface area (Å²) in [5.41, 5.74) is 0.447. The van der Waals surface area contributed by atoms with Gasteiger partial charge in [-0.25, -0.2) is 13.1 Å². The minimum absolute atomic E-state index is 0.244. The van der Waals surface area contributed by atoms with Gasteiger partial charge in [-0.05, 0) is 44.3 Å². The topological polar surface area (TPSA) is 52.6 Å². The molecule has 1 aliphatic rings. The fraction of sp³-hybridized carbons (Fsp3) is 0.250. The lowest BCUT2D eigenvalue weighted by Gasteiger charge is -2.22. The van der Waals surface area contributed by atoms with Gasteiger partial charge >= 0.3 is 10.2 Å². The van der Waals surface area contributed by atoms with E-state index in [-0.39, 0.29) is 12.2 Å². The number of para-hydroxylation sites is 2. The third kappa shape index (κ3) is 2.71. The van der Waals surface area contributed by atoms with Crippen molar-refractivity contribution in [2.45, 2.75) is 6.42 Å². The molecule has 8 heteroatoms. The molecule has 0 fully saturated rings. The molecule has 0 radical (unpaired) electrons. The van der Waals surface area contributed by atoms with Crippen molar-refractivity contribution in [3.63, 3.8) is 0 Å². The highest BCUT2D eigenvalue weighted by molar-refractivity contribution is 7.95. The zero-order valence-corrected chi connectivity index (χ0v) is 13.9. The molecule has 1 heterocycles. The molecule has 0 saturated heterocycles. The Morgan fingerprint density at radius 3 is 2.46 bits per heavy atom. The van der Waals surface area contributed by atoms with Gasteiger partial charge in [-0.15, -0.1) is 0 Å². The first-order chi connectivity index (χ1) is 11.5. The second-order valence-corrected chi connectivity index (χ2v) is 7.09. The Hall–Kier alpha value is -2.19. The number of hydrogen-bond acceptors (Lipinski definition) is 3. The van der Waals surface area contributed by atoms with Crippen molar-refractivity contribution >= 4 is 27.3 Å². The van der Waals surface area contributed by atoms with Gasteiger partial charge in [0.2, 0.25) is 0 Å². The summed E-state index contributed by atoms with van der Waals surface area (Å²) in [6, 6.07) is 9.38. The molecule has 24 heavy (non-hydrogen) atoms. The van der Waals surface area contributed by atoms with Crippen LogP contribution in [-0.2, 0) is 10.2 Å². The average molecular weight is 353 g/mol. The van der Waals surface area contributed by atoms with E-state index in [9.17, 15) is 17.2 Å². The number of nitrogens with zero attached hydrogens (tertiary/aromatic N) is 2. The van der Waals surface area contributed by atoms with Crippen molar-refractivity contribution in [2.75, 3.05) is 28.7 Å². The molecule has 2 aromatic rings. The quantitative estimate of drug-likeness (QED) is 0.841. The summed E-state index contributed by atoms with van der Waals surface area (Å²) in [5.74, 6) is -1.50. The van der Waals surface area contributed by atoms with E-state index in [0.717, 1.165) is 22.5 Å². The Balaban J connectivity index is 2.12. The summed E-state index contributed by atoms with van der Waals surface area (Å²) in [6.45, 7) is 0.885. The average Bonchev–Trinajstić information content (AvgIpc) is 2.77. The minimum atomic E-state index is -4.03. The van der Waals surface area contributed by atoms with Crippen LogP contribution in [0.15, 0.2) is 42.5 Å². The smallest absolute Gasteiger partial charge is 0.320 e. The monoisotopic (exact) mass is 353 g/mol. The molecule has 1 aliphatic heterocycles. The van der Waals surface area contributed by atoms with Crippen LogP contribution < -0.4 is 13.9 Å². The predicted molar refractivity (Wildman–Crippen MR) is 89.7 cm³/mol. The van der Waals surface area contributed by atoms with Crippen molar-refractivity contribution in [2.24, 2.45) is 0 Å². The Bertz CT molecular complexity index is 858. The number of hydrogen-bond donors (Lipinski definition) is 1. The molecular formula is C16H17F2N3O2S. The second kappa shape index (κ2) is 6.37. The first-order valence-corrected chi connectivity index (χ1v) is 8.88. The lowest BCUT2D eigenvalue weighted by molar-refractivity contribution is 0.585. The Kier molecular flexibility index (Phi) is 4.42. The van der Waals surface area contributed by atoms with E-state index in [1.54, 1.807) is 31.3 Å². The third-order valence-electron chi connectivity index (χ3n) is 3.79. The molecule has 0 aromatic heterocycles. The Morgan fingerprint density at radius 1 is 1.04 bits per heavy atom. The van der Waals surface area contributed by atoms with E-state index in [1.807, 2.05) is 0 Å². The number of halogens is 2. The van der Waals surface area contributed by atoms with Crippen LogP contribution in [0, 0.1) is 11.6 Å². The molecule has 0 unspecified atom stereocenters. The second-order valence-electron chi connectivity index (χ2n) is 5.39. The zero-order valence-electron chi connectivity index (χ0n) is 13.0. The lowest BCUT2D eigenvalue weighted by atomic mass is 10.2. The van der Waals surface area contributed by atoms with Gasteiger partial charge in [-0.2, -0.15) is 8.42 Å². The van der Waals surface area contributed by atoms with Gasteiger partial charge in [0.15, 0.2) is 0 Å². The maximum absolute atomic E-state index is 14.2. The minimum Gasteiger partial charge on any atom is -0.320 e. The molecule has 128 valence electrons. The van der Waals surface area contributed by atoms with E-state index >= 15 is 0 Å². The molecule has 0 spiro atoms. The van der Waals surface area contributed by atoms with Crippen LogP contribution in [0.2, 0.25) is 0 Å². The van der Waals surface area contributed by atoms with Crippen LogP contribution in [0.4, 0.5) is 25.8 Å². The predicted octanol–water partition coefficient (Wildman–Crippen LogP) is 2.78. The highest BCUT2D eigenvalue weighted by Crippen LogP contribution is 2.45. The number of anilines is 3. The molecule has 1 N–H and O–H groups in total. The summed E-state index contributed by atoms with van der Waals surface area (Å²) in [7, 11) is -2.25. The van der Waals surface area contributed by atoms with Crippen LogP contribution in [0.1, 0.15) is 6.42 Å². The Morgan fingerprint density at radius 2 is 1.75 bits per heavy atom. The normalized spacial score (nSPS) is 15.6. The van der Waals surface area contributed by atoms with Crippen molar-refractivity contribution < 1.29 is 17.2 Å². The first kappa shape index (κ1) is 16.7. The van der Waals surface area contributed by atoms with Gasteiger partial charge in [0.25, 0.3) is 0 Å². The summed E-state index contributed by atoms with van der Waals surface area (Å²) in [4.78, 5) is 0. The molecule has 3 rings (SSSR count). The SMILES string of the molecule is CNCCCN1c2ccccc2N(c2cc(F)ccc2F)S1(=O)=O. The fourth-order valence-corrected chi connectivity index (χ4v) is 4.48. The summed E-state index contributed by atoms with van der Waals surface area (Å²) in [6.07, 6.45) is 0.587. The number of benzene rings is 2. The molecule has 0 bridgehead atoms. The number of nitrogens with one attached hydrogen (secondary N) is 1. The highest BCUT2D eigenvalue weighted by atomic mass is 32.2. The number of fused-ring (bicyclic) bond motifs is 1. The fourth-order valence-electron chi connectivity index (χ4n) is 2.72. The molecule has 0 atom stereocenters. The zero-order chi connectivity index (χ0) is 17.3. The van der Waals surface area contributed by atoms with E-state index in [2.05, 4.69) is 5.32 Å². The van der Waals surface area contributed by atoms with Crippen LogP contribution in [0.3, 0.4) is 0 Å². The van der Waals surface area contributed by atoms with Crippen molar-refractivity contribution in [3.05, 3.63) is 54.1 Å². The molecule has 0 aliphatic carbocycles. The van der Waals surface area contributed by atoms with Crippen LogP contribution >= 0.6 is 0 Å². The Labute approximate surface area is 139 Å². The van der Waals surface area contributed by atoms with Crippen LogP contribution in [0.25, 0.3) is 0 Å². The van der Waals surface area contributed by atoms with E-state index in [1.165, 1.54) is 4.31 Å². The largest absolute Gasteiger partial charge is 0.331 e. The molecule has 5 nitrogen and oxygen atoms in total. The van der Waals surface area contributed by atoms with Crippen molar-refractivity contribution in [1.29, 1.82) is 0 Å². The van der Waals surface area contributed by atoms with E-state index in [4.69, 9.17) is 0 Å². The van der Waals surface area contributed by atoms with E-state index in [0.29, 0.717) is 24.3 Å². The standard InChI is InChI=1S/C16H17F2N3O2S/c1-19-9-4-10-20-14-5-2-3-6-15(14)21(24(20,22)23)16-11-12(17)7-8-13(16)18/h2-3,5-8,11,19H,4,9-10H2,1H3. The maximum Gasteiger partial charge on any atom is 0.331 e. The summed E-state index contributed by atoms with van der Waals surface area (Å²) in [5, 5.41) is 2.96. The third-order valence-corrected chi connectivity index (χ3v) is 5.58.